The van der Waals surface area contributed by atoms with E-state index in [9.17, 15) is 4.79 Å². The fraction of sp³-hybridized carbons (Fsp3) is 0.609. The van der Waals surface area contributed by atoms with Crippen molar-refractivity contribution in [2.45, 2.75) is 62.2 Å². The molecule has 0 unspecified atom stereocenters. The molecule has 0 radical (unpaired) electrons. The molecule has 2 aromatic rings. The molecule has 1 saturated heterocycles. The number of nitrogens with zero attached hydrogens (tertiary/aromatic N) is 5. The Morgan fingerprint density at radius 2 is 1.70 bits per heavy atom. The Hall–Kier alpha value is -1.86. The van der Waals surface area contributed by atoms with Crippen LogP contribution in [0.5, 0.6) is 0 Å². The number of carbonyl (C=O) groups excluding carboxylic acids is 1. The van der Waals surface area contributed by atoms with E-state index in [1.165, 1.54) is 44.1 Å². The van der Waals surface area contributed by atoms with Gasteiger partial charge in [0.05, 0.1) is 12.3 Å². The monoisotopic (exact) mass is 425 g/mol. The molecule has 1 aromatic carbocycles. The highest BCUT2D eigenvalue weighted by Crippen LogP contribution is 2.40. The van der Waals surface area contributed by atoms with E-state index in [1.54, 1.807) is 11.8 Å². The Bertz CT molecular complexity index is 852. The molecule has 2 aliphatic carbocycles. The number of amides is 1. The molecule has 2 heterocycles. The maximum Gasteiger partial charge on any atom is 0.233 e. The lowest BCUT2D eigenvalue weighted by Gasteiger charge is -2.38. The van der Waals surface area contributed by atoms with E-state index in [4.69, 9.17) is 0 Å². The topological polar surface area (TPSA) is 54.3 Å². The molecule has 30 heavy (non-hydrogen) atoms. The van der Waals surface area contributed by atoms with Crippen molar-refractivity contribution in [2.75, 3.05) is 31.9 Å². The smallest absolute Gasteiger partial charge is 0.233 e. The summed E-state index contributed by atoms with van der Waals surface area (Å²) in [6, 6.07) is 11.2. The quantitative estimate of drug-likeness (QED) is 0.637. The Balaban J connectivity index is 1.18. The summed E-state index contributed by atoms with van der Waals surface area (Å²) >= 11 is 1.54. The Morgan fingerprint density at radius 3 is 2.40 bits per heavy atom. The lowest BCUT2D eigenvalue weighted by Crippen LogP contribution is -2.51. The molecule has 3 aliphatic rings. The van der Waals surface area contributed by atoms with Crippen LogP contribution in [-0.2, 0) is 11.3 Å². The van der Waals surface area contributed by atoms with Gasteiger partial charge in [-0.05, 0) is 31.2 Å². The van der Waals surface area contributed by atoms with Gasteiger partial charge in [0, 0.05) is 38.1 Å². The van der Waals surface area contributed by atoms with Gasteiger partial charge in [-0.15, -0.1) is 10.2 Å². The third kappa shape index (κ3) is 4.57. The molecule has 1 aliphatic heterocycles. The molecule has 5 rings (SSSR count). The zero-order valence-corrected chi connectivity index (χ0v) is 18.4. The SMILES string of the molecule is O=C(CSc1nnc(C2CC2)n1Cc1ccccc1)N1CCN(C2CCCC2)CC1. The van der Waals surface area contributed by atoms with E-state index in [0.717, 1.165) is 49.7 Å². The summed E-state index contributed by atoms with van der Waals surface area (Å²) < 4.78 is 2.23. The predicted octanol–water partition coefficient (Wildman–Crippen LogP) is 3.38. The van der Waals surface area contributed by atoms with Crippen molar-refractivity contribution in [2.24, 2.45) is 0 Å². The zero-order valence-electron chi connectivity index (χ0n) is 17.6. The van der Waals surface area contributed by atoms with Crippen LogP contribution in [-0.4, -0.2) is 68.4 Å². The minimum atomic E-state index is 0.230. The Kier molecular flexibility index (Phi) is 6.09. The van der Waals surface area contributed by atoms with Crippen LogP contribution < -0.4 is 0 Å². The molecule has 0 N–H and O–H groups in total. The first-order chi connectivity index (χ1) is 14.8. The number of piperazine rings is 1. The van der Waals surface area contributed by atoms with Crippen LogP contribution in [0.3, 0.4) is 0 Å². The van der Waals surface area contributed by atoms with Gasteiger partial charge < -0.3 is 9.47 Å². The second-order valence-corrected chi connectivity index (χ2v) is 9.77. The molecule has 160 valence electrons. The largest absolute Gasteiger partial charge is 0.339 e. The Labute approximate surface area is 183 Å². The van der Waals surface area contributed by atoms with Crippen molar-refractivity contribution in [1.82, 2.24) is 24.6 Å². The van der Waals surface area contributed by atoms with Crippen LogP contribution in [0.25, 0.3) is 0 Å². The second kappa shape index (κ2) is 9.10. The molecule has 3 fully saturated rings. The van der Waals surface area contributed by atoms with Gasteiger partial charge in [0.2, 0.25) is 5.91 Å². The molecule has 0 spiro atoms. The molecule has 0 atom stereocenters. The first kappa shape index (κ1) is 20.1. The van der Waals surface area contributed by atoms with E-state index in [2.05, 4.69) is 43.9 Å². The zero-order chi connectivity index (χ0) is 20.3. The van der Waals surface area contributed by atoms with Gasteiger partial charge in [-0.25, -0.2) is 0 Å². The maximum atomic E-state index is 12.9. The van der Waals surface area contributed by atoms with Gasteiger partial charge in [0.1, 0.15) is 5.82 Å². The summed E-state index contributed by atoms with van der Waals surface area (Å²) in [6.07, 6.45) is 7.80. The van der Waals surface area contributed by atoms with Gasteiger partial charge in [-0.3, -0.25) is 9.69 Å². The molecule has 1 amide bonds. The third-order valence-electron chi connectivity index (χ3n) is 6.70. The van der Waals surface area contributed by atoms with E-state index in [-0.39, 0.29) is 5.91 Å². The molecular weight excluding hydrogens is 394 g/mol. The predicted molar refractivity (Wildman–Crippen MR) is 119 cm³/mol. The summed E-state index contributed by atoms with van der Waals surface area (Å²) in [5.74, 6) is 2.29. The van der Waals surface area contributed by atoms with Gasteiger partial charge in [0.15, 0.2) is 5.16 Å². The maximum absolute atomic E-state index is 12.9. The minimum absolute atomic E-state index is 0.230. The molecular formula is C23H31N5OS. The number of hydrogen-bond acceptors (Lipinski definition) is 5. The van der Waals surface area contributed by atoms with Crippen LogP contribution >= 0.6 is 11.8 Å². The van der Waals surface area contributed by atoms with Crippen molar-refractivity contribution in [1.29, 1.82) is 0 Å². The number of benzene rings is 1. The first-order valence-corrected chi connectivity index (χ1v) is 12.4. The summed E-state index contributed by atoms with van der Waals surface area (Å²) in [6.45, 7) is 4.55. The average Bonchev–Trinajstić information content (AvgIpc) is 3.32. The highest BCUT2D eigenvalue weighted by molar-refractivity contribution is 7.99. The van der Waals surface area contributed by atoms with Gasteiger partial charge in [0.25, 0.3) is 0 Å². The standard InChI is InChI=1S/C23H31N5OS/c29-21(27-14-12-26(13-15-27)20-8-4-5-9-20)17-30-23-25-24-22(19-10-11-19)28(23)16-18-6-2-1-3-7-18/h1-3,6-7,19-20H,4-5,8-17H2. The average molecular weight is 426 g/mol. The van der Waals surface area contributed by atoms with Crippen LogP contribution in [0, 0.1) is 0 Å². The number of hydrogen-bond donors (Lipinski definition) is 0. The minimum Gasteiger partial charge on any atom is -0.339 e. The van der Waals surface area contributed by atoms with Crippen molar-refractivity contribution in [3.05, 3.63) is 41.7 Å². The third-order valence-corrected chi connectivity index (χ3v) is 7.66. The van der Waals surface area contributed by atoms with Crippen molar-refractivity contribution in [3.63, 3.8) is 0 Å². The highest BCUT2D eigenvalue weighted by atomic mass is 32.2. The van der Waals surface area contributed by atoms with E-state index in [0.29, 0.717) is 11.7 Å². The summed E-state index contributed by atoms with van der Waals surface area (Å²) in [7, 11) is 0. The highest BCUT2D eigenvalue weighted by Gasteiger charge is 2.31. The van der Waals surface area contributed by atoms with Crippen LogP contribution in [0.4, 0.5) is 0 Å². The number of thioether (sulfide) groups is 1. The van der Waals surface area contributed by atoms with Crippen molar-refractivity contribution >= 4 is 17.7 Å². The lowest BCUT2D eigenvalue weighted by atomic mass is 10.2. The van der Waals surface area contributed by atoms with Gasteiger partial charge in [-0.1, -0.05) is 54.9 Å². The van der Waals surface area contributed by atoms with Crippen LogP contribution in [0.15, 0.2) is 35.5 Å². The second-order valence-electron chi connectivity index (χ2n) is 8.83. The van der Waals surface area contributed by atoms with Crippen LogP contribution in [0.2, 0.25) is 0 Å². The van der Waals surface area contributed by atoms with Crippen LogP contribution in [0.1, 0.15) is 55.8 Å². The summed E-state index contributed by atoms with van der Waals surface area (Å²) in [5, 5.41) is 9.81. The molecule has 7 heteroatoms. The number of rotatable bonds is 7. The van der Waals surface area contributed by atoms with Crippen molar-refractivity contribution in [3.8, 4) is 0 Å². The molecule has 2 saturated carbocycles. The summed E-state index contributed by atoms with van der Waals surface area (Å²) in [5.41, 5.74) is 1.25. The first-order valence-electron chi connectivity index (χ1n) is 11.4. The molecule has 0 bridgehead atoms. The van der Waals surface area contributed by atoms with E-state index >= 15 is 0 Å². The molecule has 1 aromatic heterocycles. The van der Waals surface area contributed by atoms with Gasteiger partial charge in [-0.2, -0.15) is 0 Å². The lowest BCUT2D eigenvalue weighted by molar-refractivity contribution is -0.130. The van der Waals surface area contributed by atoms with E-state index < -0.39 is 0 Å². The fourth-order valence-electron chi connectivity index (χ4n) is 4.79. The van der Waals surface area contributed by atoms with Crippen molar-refractivity contribution < 1.29 is 4.79 Å². The normalized spacial score (nSPS) is 20.7. The molecule has 6 nitrogen and oxygen atoms in total. The van der Waals surface area contributed by atoms with Gasteiger partial charge >= 0.3 is 0 Å². The van der Waals surface area contributed by atoms with E-state index in [1.807, 2.05) is 11.0 Å². The fourth-order valence-corrected chi connectivity index (χ4v) is 5.64. The number of aromatic nitrogens is 3. The number of carbonyl (C=O) groups is 1. The Morgan fingerprint density at radius 1 is 0.967 bits per heavy atom. The summed E-state index contributed by atoms with van der Waals surface area (Å²) in [4.78, 5) is 17.5.